The average Bonchev–Trinajstić information content (AvgIpc) is 2.92. The van der Waals surface area contributed by atoms with Gasteiger partial charge in [-0.25, -0.2) is 13.6 Å². The van der Waals surface area contributed by atoms with E-state index >= 15 is 0 Å². The fourth-order valence-electron chi connectivity index (χ4n) is 3.40. The van der Waals surface area contributed by atoms with Crippen LogP contribution in [0.1, 0.15) is 25.3 Å². The summed E-state index contributed by atoms with van der Waals surface area (Å²) in [5.41, 5.74) is 0.843. The molecule has 1 aliphatic rings. The van der Waals surface area contributed by atoms with E-state index in [9.17, 15) is 13.6 Å². The van der Waals surface area contributed by atoms with Crippen molar-refractivity contribution in [2.45, 2.75) is 31.7 Å². The smallest absolute Gasteiger partial charge is 0.319 e. The fourth-order valence-corrected chi connectivity index (χ4v) is 3.59. The number of nitrogens with one attached hydrogen (secondary N) is 1. The van der Waals surface area contributed by atoms with Crippen molar-refractivity contribution < 1.29 is 13.6 Å². The molecule has 2 aromatic carbocycles. The molecule has 1 atom stereocenters. The van der Waals surface area contributed by atoms with Crippen molar-refractivity contribution in [2.24, 2.45) is 0 Å². The number of halogens is 3. The molecule has 3 nitrogen and oxygen atoms in total. The first-order chi connectivity index (χ1) is 11.9. The molecule has 0 spiro atoms. The first kappa shape index (κ1) is 17.7. The van der Waals surface area contributed by atoms with Crippen molar-refractivity contribution in [3.8, 4) is 0 Å². The van der Waals surface area contributed by atoms with Crippen LogP contribution in [0.25, 0.3) is 0 Å². The van der Waals surface area contributed by atoms with Gasteiger partial charge in [0.05, 0.1) is 0 Å². The molecule has 6 heteroatoms. The Morgan fingerprint density at radius 3 is 2.76 bits per heavy atom. The summed E-state index contributed by atoms with van der Waals surface area (Å²) in [4.78, 5) is 14.4. The molecule has 1 N–H and O–H groups in total. The molecule has 132 valence electrons. The Hall–Kier alpha value is -2.14. The Kier molecular flexibility index (Phi) is 4.95. The maximum atomic E-state index is 13.5. The van der Waals surface area contributed by atoms with Gasteiger partial charge in [0, 0.05) is 22.8 Å². The minimum absolute atomic E-state index is 0.218. The molecular formula is C19H19ClF2N2O. The summed E-state index contributed by atoms with van der Waals surface area (Å²) < 4.78 is 26.6. The van der Waals surface area contributed by atoms with Crippen LogP contribution in [0.4, 0.5) is 19.3 Å². The zero-order valence-corrected chi connectivity index (χ0v) is 14.6. The van der Waals surface area contributed by atoms with Gasteiger partial charge in [0.2, 0.25) is 0 Å². The number of nitrogens with zero attached hydrogens (tertiary/aromatic N) is 1. The molecule has 0 aliphatic carbocycles. The highest BCUT2D eigenvalue weighted by Gasteiger charge is 2.39. The fraction of sp³-hybridized carbons (Fsp3) is 0.316. The second-order valence-corrected chi connectivity index (χ2v) is 7.05. The van der Waals surface area contributed by atoms with E-state index in [2.05, 4.69) is 5.32 Å². The van der Waals surface area contributed by atoms with Crippen molar-refractivity contribution >= 4 is 23.3 Å². The number of hydrogen-bond donors (Lipinski definition) is 1. The van der Waals surface area contributed by atoms with E-state index in [1.807, 2.05) is 6.92 Å². The Morgan fingerprint density at radius 1 is 1.24 bits per heavy atom. The predicted octanol–water partition coefficient (Wildman–Crippen LogP) is 5.25. The van der Waals surface area contributed by atoms with Gasteiger partial charge in [0.25, 0.3) is 0 Å². The zero-order chi connectivity index (χ0) is 18.0. The van der Waals surface area contributed by atoms with Crippen LogP contribution in [0.2, 0.25) is 5.02 Å². The first-order valence-corrected chi connectivity index (χ1v) is 8.53. The average molecular weight is 365 g/mol. The number of carbonyl (C=O) groups excluding carboxylic acids is 1. The summed E-state index contributed by atoms with van der Waals surface area (Å²) in [6.07, 6.45) is 2.13. The Balaban J connectivity index is 1.76. The summed E-state index contributed by atoms with van der Waals surface area (Å²) in [6.45, 7) is 2.59. The van der Waals surface area contributed by atoms with E-state index < -0.39 is 17.2 Å². The molecule has 3 rings (SSSR count). The van der Waals surface area contributed by atoms with E-state index in [4.69, 9.17) is 11.6 Å². The maximum absolute atomic E-state index is 13.5. The lowest BCUT2D eigenvalue weighted by molar-refractivity contribution is 0.168. The number of carbonyl (C=O) groups is 1. The van der Waals surface area contributed by atoms with E-state index in [0.717, 1.165) is 18.9 Å². The number of anilines is 1. The highest BCUT2D eigenvalue weighted by molar-refractivity contribution is 6.30. The van der Waals surface area contributed by atoms with Gasteiger partial charge in [-0.05, 0) is 62.1 Å². The van der Waals surface area contributed by atoms with E-state index in [1.165, 1.54) is 6.07 Å². The molecule has 1 aliphatic heterocycles. The van der Waals surface area contributed by atoms with E-state index in [1.54, 1.807) is 35.2 Å². The highest BCUT2D eigenvalue weighted by atomic mass is 35.5. The molecule has 2 amide bonds. The topological polar surface area (TPSA) is 32.3 Å². The molecule has 0 aromatic heterocycles. The minimum atomic E-state index is -0.867. The quantitative estimate of drug-likeness (QED) is 0.792. The lowest BCUT2D eigenvalue weighted by Gasteiger charge is -2.35. The molecule has 1 heterocycles. The van der Waals surface area contributed by atoms with Crippen molar-refractivity contribution in [3.05, 3.63) is 64.7 Å². The standard InChI is InChI=1S/C19H19ClF2N2O/c1-19(12-13-6-7-16(21)17(22)10-13)8-3-9-24(19)18(25)23-15-5-2-4-14(20)11-15/h2,4-7,10-11H,3,8-9,12H2,1H3,(H,23,25). The largest absolute Gasteiger partial charge is 0.322 e. The summed E-state index contributed by atoms with van der Waals surface area (Å²) in [7, 11) is 0. The van der Waals surface area contributed by atoms with Gasteiger partial charge in [0.15, 0.2) is 11.6 Å². The van der Waals surface area contributed by atoms with Gasteiger partial charge < -0.3 is 10.2 Å². The van der Waals surface area contributed by atoms with Crippen molar-refractivity contribution in [3.63, 3.8) is 0 Å². The van der Waals surface area contributed by atoms with Crippen LogP contribution in [0.15, 0.2) is 42.5 Å². The summed E-state index contributed by atoms with van der Waals surface area (Å²) >= 11 is 5.95. The molecule has 0 radical (unpaired) electrons. The molecule has 0 saturated carbocycles. The summed E-state index contributed by atoms with van der Waals surface area (Å²) in [5.74, 6) is -1.73. The monoisotopic (exact) mass is 364 g/mol. The van der Waals surface area contributed by atoms with E-state index in [-0.39, 0.29) is 6.03 Å². The maximum Gasteiger partial charge on any atom is 0.322 e. The predicted molar refractivity (Wildman–Crippen MR) is 94.9 cm³/mol. The summed E-state index contributed by atoms with van der Waals surface area (Å²) in [5, 5.41) is 3.40. The van der Waals surface area contributed by atoms with Gasteiger partial charge >= 0.3 is 6.03 Å². The molecule has 1 unspecified atom stereocenters. The number of amides is 2. The Morgan fingerprint density at radius 2 is 2.04 bits per heavy atom. The highest BCUT2D eigenvalue weighted by Crippen LogP contribution is 2.33. The van der Waals surface area contributed by atoms with Crippen LogP contribution in [0.3, 0.4) is 0 Å². The van der Waals surface area contributed by atoms with Crippen LogP contribution >= 0.6 is 11.6 Å². The number of benzene rings is 2. The van der Waals surface area contributed by atoms with Gasteiger partial charge in [-0.15, -0.1) is 0 Å². The van der Waals surface area contributed by atoms with Crippen LogP contribution in [0, 0.1) is 11.6 Å². The van der Waals surface area contributed by atoms with Crippen molar-refractivity contribution in [1.82, 2.24) is 4.90 Å². The third-order valence-corrected chi connectivity index (χ3v) is 4.87. The molecule has 25 heavy (non-hydrogen) atoms. The second kappa shape index (κ2) is 7.00. The van der Waals surface area contributed by atoms with Gasteiger partial charge in [-0.1, -0.05) is 23.7 Å². The van der Waals surface area contributed by atoms with Crippen molar-refractivity contribution in [1.29, 1.82) is 0 Å². The third kappa shape index (κ3) is 3.93. The molecule has 1 fully saturated rings. The SMILES string of the molecule is CC1(Cc2ccc(F)c(F)c2)CCCN1C(=O)Nc1cccc(Cl)c1. The van der Waals surface area contributed by atoms with E-state index in [0.29, 0.717) is 29.2 Å². The zero-order valence-electron chi connectivity index (χ0n) is 13.9. The molecular weight excluding hydrogens is 346 g/mol. The minimum Gasteiger partial charge on any atom is -0.319 e. The van der Waals surface area contributed by atoms with Crippen LogP contribution in [-0.4, -0.2) is 23.0 Å². The number of rotatable bonds is 3. The second-order valence-electron chi connectivity index (χ2n) is 6.62. The van der Waals surface area contributed by atoms with Gasteiger partial charge in [-0.3, -0.25) is 0 Å². The summed E-state index contributed by atoms with van der Waals surface area (Å²) in [6, 6.07) is 10.6. The van der Waals surface area contributed by atoms with Gasteiger partial charge in [0.1, 0.15) is 0 Å². The van der Waals surface area contributed by atoms with Crippen molar-refractivity contribution in [2.75, 3.05) is 11.9 Å². The lowest BCUT2D eigenvalue weighted by atomic mass is 9.90. The third-order valence-electron chi connectivity index (χ3n) is 4.64. The normalized spacial score (nSPS) is 19.9. The first-order valence-electron chi connectivity index (χ1n) is 8.15. The number of hydrogen-bond acceptors (Lipinski definition) is 1. The van der Waals surface area contributed by atoms with Gasteiger partial charge in [-0.2, -0.15) is 0 Å². The van der Waals surface area contributed by atoms with Crippen LogP contribution in [-0.2, 0) is 6.42 Å². The van der Waals surface area contributed by atoms with Crippen LogP contribution < -0.4 is 5.32 Å². The Labute approximate surface area is 150 Å². The molecule has 0 bridgehead atoms. The Bertz CT molecular complexity index is 799. The number of urea groups is 1. The lowest BCUT2D eigenvalue weighted by Crippen LogP contribution is -2.48. The van der Waals surface area contributed by atoms with Crippen LogP contribution in [0.5, 0.6) is 0 Å². The molecule has 2 aromatic rings. The molecule has 1 saturated heterocycles. The number of likely N-dealkylation sites (tertiary alicyclic amines) is 1.